The van der Waals surface area contributed by atoms with Crippen LogP contribution in [0.4, 0.5) is 11.4 Å². The highest BCUT2D eigenvalue weighted by Crippen LogP contribution is 2.33. The van der Waals surface area contributed by atoms with E-state index < -0.39 is 0 Å². The Balaban J connectivity index is 1.26. The summed E-state index contributed by atoms with van der Waals surface area (Å²) in [5.41, 5.74) is 6.20. The molecule has 0 atom stereocenters. The first-order valence-corrected chi connectivity index (χ1v) is 15.5. The number of nitrogens with one attached hydrogen (secondary N) is 1. The smallest absolute Gasteiger partial charge is 0.251 e. The highest BCUT2D eigenvalue weighted by atomic mass is 16.5. The number of benzene rings is 3. The van der Waals surface area contributed by atoms with E-state index >= 15 is 0 Å². The van der Waals surface area contributed by atoms with Crippen LogP contribution in [0.15, 0.2) is 72.3 Å². The first-order valence-electron chi connectivity index (χ1n) is 15.5. The molecule has 0 aromatic heterocycles. The predicted molar refractivity (Wildman–Crippen MR) is 175 cm³/mol. The quantitative estimate of drug-likeness (QED) is 0.199. The first-order chi connectivity index (χ1) is 21.4. The second-order valence-electron chi connectivity index (χ2n) is 11.7. The number of hydrogen-bond acceptors (Lipinski definition) is 6. The summed E-state index contributed by atoms with van der Waals surface area (Å²) < 4.78 is 16.8. The van der Waals surface area contributed by atoms with Crippen LogP contribution in [-0.2, 0) is 25.6 Å². The number of anilines is 2. The van der Waals surface area contributed by atoms with Crippen molar-refractivity contribution in [2.24, 2.45) is 0 Å². The third-order valence-electron chi connectivity index (χ3n) is 8.16. The summed E-state index contributed by atoms with van der Waals surface area (Å²) in [6.45, 7) is 7.97. The summed E-state index contributed by atoms with van der Waals surface area (Å²) >= 11 is 0. The van der Waals surface area contributed by atoms with Gasteiger partial charge in [0.25, 0.3) is 5.91 Å². The molecule has 0 spiro atoms. The molecule has 44 heavy (non-hydrogen) atoms. The molecule has 0 bridgehead atoms. The lowest BCUT2D eigenvalue weighted by molar-refractivity contribution is -0.113. The second-order valence-corrected chi connectivity index (χ2v) is 11.7. The van der Waals surface area contributed by atoms with Crippen LogP contribution in [0.3, 0.4) is 0 Å². The summed E-state index contributed by atoms with van der Waals surface area (Å²) in [5, 5.41) is 3.06. The molecule has 0 saturated carbocycles. The van der Waals surface area contributed by atoms with Crippen molar-refractivity contribution in [3.8, 4) is 16.9 Å². The highest BCUT2D eigenvalue weighted by Gasteiger charge is 2.21. The fourth-order valence-corrected chi connectivity index (χ4v) is 5.66. The summed E-state index contributed by atoms with van der Waals surface area (Å²) in [6.07, 6.45) is 5.48. The molecule has 2 amide bonds. The summed E-state index contributed by atoms with van der Waals surface area (Å²) in [4.78, 5) is 29.4. The molecule has 232 valence electrons. The molecule has 2 aliphatic rings. The van der Waals surface area contributed by atoms with E-state index in [9.17, 15) is 9.59 Å². The van der Waals surface area contributed by atoms with Gasteiger partial charge in [0.15, 0.2) is 0 Å². The van der Waals surface area contributed by atoms with Crippen molar-refractivity contribution in [3.05, 3.63) is 83.4 Å². The van der Waals surface area contributed by atoms with Crippen molar-refractivity contribution in [2.45, 2.75) is 51.8 Å². The van der Waals surface area contributed by atoms with Gasteiger partial charge < -0.3 is 24.4 Å². The molecule has 0 unspecified atom stereocenters. The molecule has 1 saturated heterocycles. The summed E-state index contributed by atoms with van der Waals surface area (Å²) in [5.74, 6) is 0.616. The molecular weight excluding hydrogens is 554 g/mol. The molecule has 3 aromatic rings. The molecule has 2 aliphatic heterocycles. The van der Waals surface area contributed by atoms with Crippen LogP contribution >= 0.6 is 0 Å². The lowest BCUT2D eigenvalue weighted by Crippen LogP contribution is -2.36. The van der Waals surface area contributed by atoms with Gasteiger partial charge in [0, 0.05) is 43.6 Å². The van der Waals surface area contributed by atoms with Gasteiger partial charge in [-0.3, -0.25) is 14.5 Å². The van der Waals surface area contributed by atoms with E-state index in [1.807, 2.05) is 74.5 Å². The Labute approximate surface area is 260 Å². The molecule has 1 N–H and O–H groups in total. The molecule has 0 radical (unpaired) electrons. The van der Waals surface area contributed by atoms with Crippen LogP contribution in [0.1, 0.15) is 44.2 Å². The number of fused-ring (bicyclic) bond motifs is 1. The van der Waals surface area contributed by atoms with Gasteiger partial charge in [-0.15, -0.1) is 0 Å². The van der Waals surface area contributed by atoms with Crippen LogP contribution in [0.2, 0.25) is 0 Å². The van der Waals surface area contributed by atoms with Crippen molar-refractivity contribution >= 4 is 29.8 Å². The van der Waals surface area contributed by atoms with Gasteiger partial charge in [-0.05, 0) is 105 Å². The average molecular weight is 598 g/mol. The van der Waals surface area contributed by atoms with Gasteiger partial charge in [-0.1, -0.05) is 30.3 Å². The summed E-state index contributed by atoms with van der Waals surface area (Å²) in [6, 6.07) is 22.5. The largest absolute Gasteiger partial charge is 0.491 e. The normalized spacial score (nSPS) is 15.5. The molecule has 2 heterocycles. The lowest BCUT2D eigenvalue weighted by atomic mass is 10.00. The van der Waals surface area contributed by atoms with Crippen LogP contribution < -0.4 is 15.0 Å². The van der Waals surface area contributed by atoms with Crippen LogP contribution in [0.5, 0.6) is 5.75 Å². The monoisotopic (exact) mass is 597 g/mol. The number of nitrogens with zero attached hydrogens (tertiary/aromatic N) is 2. The zero-order valence-electron chi connectivity index (χ0n) is 26.0. The van der Waals surface area contributed by atoms with Gasteiger partial charge in [0.1, 0.15) is 12.4 Å². The number of amides is 2. The fraction of sp³-hybridized carbons (Fsp3) is 0.389. The minimum absolute atomic E-state index is 0.163. The van der Waals surface area contributed by atoms with Crippen molar-refractivity contribution in [1.29, 1.82) is 0 Å². The van der Waals surface area contributed by atoms with Gasteiger partial charge in [-0.2, -0.15) is 0 Å². The number of carbonyl (C=O) groups is 2. The topological polar surface area (TPSA) is 80.3 Å². The minimum atomic E-state index is -0.163. The zero-order valence-corrected chi connectivity index (χ0v) is 26.0. The van der Waals surface area contributed by atoms with Gasteiger partial charge >= 0.3 is 0 Å². The van der Waals surface area contributed by atoms with Gasteiger partial charge in [-0.25, -0.2) is 0 Å². The maximum Gasteiger partial charge on any atom is 0.251 e. The SMILES string of the molecule is CC(C)OCCOc1ccc(-c2ccc3c(c2)C=C(C(=O)Nc2ccc(CN(C)C4CCOCC4)cc2)CCN3C=O)cc1. The Bertz CT molecular complexity index is 1430. The van der Waals surface area contributed by atoms with E-state index in [4.69, 9.17) is 14.2 Å². The number of ether oxygens (including phenoxy) is 3. The molecule has 5 rings (SSSR count). The Kier molecular flexibility index (Phi) is 10.8. The Morgan fingerprint density at radius 3 is 2.45 bits per heavy atom. The predicted octanol–water partition coefficient (Wildman–Crippen LogP) is 6.16. The number of carbonyl (C=O) groups excluding carboxylic acids is 2. The number of hydrogen-bond donors (Lipinski definition) is 1. The van der Waals surface area contributed by atoms with Crippen LogP contribution in [0, 0.1) is 0 Å². The minimum Gasteiger partial charge on any atom is -0.491 e. The maximum atomic E-state index is 13.4. The van der Waals surface area contributed by atoms with E-state index in [0.717, 1.165) is 72.8 Å². The molecule has 3 aromatic carbocycles. The average Bonchev–Trinajstić information content (AvgIpc) is 3.23. The Morgan fingerprint density at radius 1 is 1.02 bits per heavy atom. The van der Waals surface area contributed by atoms with Crippen LogP contribution in [-0.4, -0.2) is 69.4 Å². The molecule has 0 aliphatic carbocycles. The third kappa shape index (κ3) is 8.34. The van der Waals surface area contributed by atoms with Crippen LogP contribution in [0.25, 0.3) is 17.2 Å². The first kappa shape index (κ1) is 31.4. The van der Waals surface area contributed by atoms with E-state index in [0.29, 0.717) is 37.8 Å². The standard InChI is InChI=1S/C36H43N3O5/c1-26(2)43-20-21-44-34-11-6-28(7-12-34)29-8-13-35-31(22-29)23-30(14-17-39(35)25-40)36(41)37-32-9-4-27(5-10-32)24-38(3)33-15-18-42-19-16-33/h4-13,22-23,25-26,33H,14-21,24H2,1-3H3,(H,37,41). The Hall–Kier alpha value is -3.98. The van der Waals surface area contributed by atoms with Gasteiger partial charge in [0.2, 0.25) is 6.41 Å². The van der Waals surface area contributed by atoms with Crippen molar-refractivity contribution < 1.29 is 23.8 Å². The number of rotatable bonds is 12. The van der Waals surface area contributed by atoms with Crippen molar-refractivity contribution in [2.75, 3.05) is 50.2 Å². The molecule has 1 fully saturated rings. The van der Waals surface area contributed by atoms with E-state index in [1.165, 1.54) is 5.56 Å². The molecule has 8 heteroatoms. The fourth-order valence-electron chi connectivity index (χ4n) is 5.66. The second kappa shape index (κ2) is 15.1. The highest BCUT2D eigenvalue weighted by molar-refractivity contribution is 6.08. The molecular formula is C36H43N3O5. The van der Waals surface area contributed by atoms with Crippen molar-refractivity contribution in [3.63, 3.8) is 0 Å². The Morgan fingerprint density at radius 2 is 1.75 bits per heavy atom. The van der Waals surface area contributed by atoms with E-state index in [2.05, 4.69) is 29.4 Å². The zero-order chi connectivity index (χ0) is 30.9. The van der Waals surface area contributed by atoms with Gasteiger partial charge in [0.05, 0.1) is 18.4 Å². The van der Waals surface area contributed by atoms with E-state index in [-0.39, 0.29) is 12.0 Å². The molecule has 8 nitrogen and oxygen atoms in total. The van der Waals surface area contributed by atoms with Crippen molar-refractivity contribution in [1.82, 2.24) is 4.90 Å². The summed E-state index contributed by atoms with van der Waals surface area (Å²) in [7, 11) is 2.16. The third-order valence-corrected chi connectivity index (χ3v) is 8.16. The maximum absolute atomic E-state index is 13.4. The van der Waals surface area contributed by atoms with E-state index in [1.54, 1.807) is 4.90 Å². The lowest BCUT2D eigenvalue weighted by Gasteiger charge is -2.31.